The second kappa shape index (κ2) is 16.5. The van der Waals surface area contributed by atoms with Gasteiger partial charge in [-0.15, -0.1) is 0 Å². The normalized spacial score (nSPS) is 11.2. The first-order valence-electron chi connectivity index (χ1n) is 12.8. The zero-order valence-electron chi connectivity index (χ0n) is 21.1. The number of phenols is 1. The van der Waals surface area contributed by atoms with Gasteiger partial charge >= 0.3 is 0 Å². The zero-order chi connectivity index (χ0) is 24.6. The third-order valence-electron chi connectivity index (χ3n) is 6.34. The number of ether oxygens (including phenoxy) is 1. The van der Waals surface area contributed by atoms with Crippen molar-refractivity contribution < 1.29 is 20.1 Å². The van der Waals surface area contributed by atoms with E-state index in [-0.39, 0.29) is 19.0 Å². The minimum absolute atomic E-state index is 0.0738. The van der Waals surface area contributed by atoms with Crippen molar-refractivity contribution in [3.8, 4) is 5.75 Å². The number of nitrogens with one attached hydrogen (secondary N) is 1. The van der Waals surface area contributed by atoms with Crippen molar-refractivity contribution in [1.29, 1.82) is 0 Å². The van der Waals surface area contributed by atoms with Crippen LogP contribution < -0.4 is 10.2 Å². The van der Waals surface area contributed by atoms with Crippen LogP contribution in [0.2, 0.25) is 0 Å². The number of rotatable bonds is 18. The Bertz CT molecular complexity index is 807. The monoisotopic (exact) mass is 472 g/mol. The Morgan fingerprint density at radius 2 is 1.50 bits per heavy atom. The Morgan fingerprint density at radius 1 is 0.794 bits per heavy atom. The van der Waals surface area contributed by atoms with Crippen LogP contribution in [0.5, 0.6) is 5.75 Å². The molecule has 0 aromatic heterocycles. The van der Waals surface area contributed by atoms with Crippen LogP contribution in [0, 0.1) is 0 Å². The van der Waals surface area contributed by atoms with Crippen LogP contribution in [0.3, 0.4) is 0 Å². The number of aromatic hydroxyl groups is 1. The highest BCUT2D eigenvalue weighted by Gasteiger charge is 2.11. The van der Waals surface area contributed by atoms with Gasteiger partial charge in [0.25, 0.3) is 0 Å². The van der Waals surface area contributed by atoms with Crippen molar-refractivity contribution >= 4 is 5.69 Å². The molecule has 0 amide bonds. The Hall–Kier alpha value is -2.12. The van der Waals surface area contributed by atoms with Crippen LogP contribution in [-0.4, -0.2) is 48.2 Å². The number of anilines is 1. The molecule has 190 valence electrons. The topological polar surface area (TPSA) is 85.2 Å². The van der Waals surface area contributed by atoms with E-state index >= 15 is 0 Å². The molecule has 2 aromatic rings. The number of hydrogen-bond donors (Lipinski definition) is 4. The highest BCUT2D eigenvalue weighted by atomic mass is 16.5. The number of aliphatic hydroxyl groups is 2. The second-order valence-corrected chi connectivity index (χ2v) is 8.66. The van der Waals surface area contributed by atoms with Gasteiger partial charge in [0.15, 0.2) is 0 Å². The molecular formula is C28H44N2O4. The fourth-order valence-corrected chi connectivity index (χ4v) is 4.24. The second-order valence-electron chi connectivity index (χ2n) is 8.66. The summed E-state index contributed by atoms with van der Waals surface area (Å²) in [6.07, 6.45) is 6.52. The Kier molecular flexibility index (Phi) is 13.6. The van der Waals surface area contributed by atoms with E-state index in [9.17, 15) is 15.3 Å². The van der Waals surface area contributed by atoms with Gasteiger partial charge in [-0.1, -0.05) is 31.0 Å². The molecule has 0 spiro atoms. The summed E-state index contributed by atoms with van der Waals surface area (Å²) in [7, 11) is 0. The molecule has 0 heterocycles. The summed E-state index contributed by atoms with van der Waals surface area (Å²) in [5, 5.41) is 32.3. The van der Waals surface area contributed by atoms with Crippen LogP contribution in [0.25, 0.3) is 0 Å². The molecule has 0 saturated heterocycles. The van der Waals surface area contributed by atoms with Crippen LogP contribution in [-0.2, 0) is 30.9 Å². The molecule has 0 unspecified atom stereocenters. The maximum Gasteiger partial charge on any atom is 0.121 e. The van der Waals surface area contributed by atoms with Gasteiger partial charge in [0, 0.05) is 44.1 Å². The summed E-state index contributed by atoms with van der Waals surface area (Å²) < 4.78 is 5.81. The van der Waals surface area contributed by atoms with Crippen molar-refractivity contribution in [1.82, 2.24) is 5.32 Å². The summed E-state index contributed by atoms with van der Waals surface area (Å²) in [6, 6.07) is 12.1. The molecule has 0 aliphatic rings. The lowest BCUT2D eigenvalue weighted by atomic mass is 10.0. The van der Waals surface area contributed by atoms with Gasteiger partial charge in [-0.3, -0.25) is 0 Å². The van der Waals surface area contributed by atoms with E-state index in [1.807, 2.05) is 0 Å². The first-order chi connectivity index (χ1) is 16.6. The predicted molar refractivity (Wildman–Crippen MR) is 139 cm³/mol. The van der Waals surface area contributed by atoms with Crippen molar-refractivity contribution in [2.24, 2.45) is 0 Å². The summed E-state index contributed by atoms with van der Waals surface area (Å²) in [5.74, 6) is 0.0738. The summed E-state index contributed by atoms with van der Waals surface area (Å²) in [6.45, 7) is 9.13. The Morgan fingerprint density at radius 3 is 2.18 bits per heavy atom. The van der Waals surface area contributed by atoms with Crippen LogP contribution in [0.1, 0.15) is 68.2 Å². The van der Waals surface area contributed by atoms with Crippen molar-refractivity contribution in [3.63, 3.8) is 0 Å². The lowest BCUT2D eigenvalue weighted by Gasteiger charge is -2.21. The van der Waals surface area contributed by atoms with E-state index in [0.717, 1.165) is 82.5 Å². The van der Waals surface area contributed by atoms with Crippen molar-refractivity contribution in [3.05, 3.63) is 58.7 Å². The van der Waals surface area contributed by atoms with Gasteiger partial charge in [0.05, 0.1) is 13.2 Å². The third-order valence-corrected chi connectivity index (χ3v) is 6.34. The lowest BCUT2D eigenvalue weighted by Crippen LogP contribution is -2.21. The van der Waals surface area contributed by atoms with Crippen LogP contribution in [0.4, 0.5) is 5.69 Å². The lowest BCUT2D eigenvalue weighted by molar-refractivity contribution is 0.127. The maximum atomic E-state index is 9.91. The van der Waals surface area contributed by atoms with Crippen LogP contribution in [0.15, 0.2) is 36.4 Å². The summed E-state index contributed by atoms with van der Waals surface area (Å²) in [5.41, 5.74) is 4.69. The number of nitrogens with zero attached hydrogens (tertiary/aromatic N) is 1. The molecule has 0 fully saturated rings. The highest BCUT2D eigenvalue weighted by molar-refractivity contribution is 5.47. The molecule has 6 nitrogen and oxygen atoms in total. The Balaban J connectivity index is 1.49. The fraction of sp³-hybridized carbons (Fsp3) is 0.571. The van der Waals surface area contributed by atoms with Gasteiger partial charge in [-0.25, -0.2) is 0 Å². The number of benzene rings is 2. The van der Waals surface area contributed by atoms with Gasteiger partial charge < -0.3 is 30.3 Å². The quantitative estimate of drug-likeness (QED) is 0.239. The molecule has 4 N–H and O–H groups in total. The molecule has 0 bridgehead atoms. The van der Waals surface area contributed by atoms with E-state index in [0.29, 0.717) is 12.1 Å². The number of aryl methyl sites for hydroxylation is 1. The number of hydrogen-bond acceptors (Lipinski definition) is 6. The van der Waals surface area contributed by atoms with E-state index in [2.05, 4.69) is 48.3 Å². The zero-order valence-corrected chi connectivity index (χ0v) is 21.1. The van der Waals surface area contributed by atoms with E-state index in [4.69, 9.17) is 4.74 Å². The highest BCUT2D eigenvalue weighted by Crippen LogP contribution is 2.25. The van der Waals surface area contributed by atoms with Crippen LogP contribution >= 0.6 is 0 Å². The van der Waals surface area contributed by atoms with Gasteiger partial charge in [0.2, 0.25) is 0 Å². The molecule has 0 aliphatic carbocycles. The number of unbranched alkanes of at least 4 members (excludes halogenated alkanes) is 3. The molecule has 0 atom stereocenters. The smallest absolute Gasteiger partial charge is 0.121 e. The first kappa shape index (κ1) is 28.1. The summed E-state index contributed by atoms with van der Waals surface area (Å²) in [4.78, 5) is 2.36. The van der Waals surface area contributed by atoms with Crippen molar-refractivity contribution in [2.45, 2.75) is 72.1 Å². The average molecular weight is 473 g/mol. The molecule has 0 radical (unpaired) electrons. The van der Waals surface area contributed by atoms with E-state index in [1.54, 1.807) is 6.07 Å². The minimum atomic E-state index is -0.236. The van der Waals surface area contributed by atoms with Gasteiger partial charge in [-0.2, -0.15) is 0 Å². The average Bonchev–Trinajstić information content (AvgIpc) is 2.86. The standard InChI is InChI=1S/C28H44N2O4/c1-3-30(4-2)25-14-11-23(12-15-25)10-9-19-34-18-8-6-5-7-17-29-20-26-24(21-31)13-16-28(33)27(26)22-32/h11-16,29,31-33H,3-10,17-22H2,1-2H3. The first-order valence-corrected chi connectivity index (χ1v) is 12.8. The Labute approximate surface area is 205 Å². The third kappa shape index (κ3) is 9.26. The van der Waals surface area contributed by atoms with Gasteiger partial charge in [0.1, 0.15) is 5.75 Å². The summed E-state index contributed by atoms with van der Waals surface area (Å²) >= 11 is 0. The maximum absolute atomic E-state index is 9.91. The molecule has 2 aromatic carbocycles. The molecular weight excluding hydrogens is 428 g/mol. The van der Waals surface area contributed by atoms with Crippen molar-refractivity contribution in [2.75, 3.05) is 37.7 Å². The fourth-order valence-electron chi connectivity index (χ4n) is 4.24. The predicted octanol–water partition coefficient (Wildman–Crippen LogP) is 4.52. The largest absolute Gasteiger partial charge is 0.508 e. The molecule has 6 heteroatoms. The molecule has 0 aliphatic heterocycles. The SMILES string of the molecule is CCN(CC)c1ccc(CCCOCCCCCCNCc2c(CO)ccc(O)c2CO)cc1. The molecule has 34 heavy (non-hydrogen) atoms. The minimum Gasteiger partial charge on any atom is -0.508 e. The van der Waals surface area contributed by atoms with Gasteiger partial charge in [-0.05, 0) is 81.0 Å². The number of aliphatic hydroxyl groups excluding tert-OH is 2. The molecule has 2 rings (SSSR count). The van der Waals surface area contributed by atoms with E-state index < -0.39 is 0 Å². The molecule has 0 saturated carbocycles. The van der Waals surface area contributed by atoms with E-state index in [1.165, 1.54) is 17.3 Å².